The lowest BCUT2D eigenvalue weighted by Crippen LogP contribution is -2.34. The molecule has 0 saturated heterocycles. The number of carbonyl (C=O) groups is 1. The molecule has 0 fully saturated rings. The van der Waals surface area contributed by atoms with Crippen LogP contribution in [-0.2, 0) is 36.7 Å². The average Bonchev–Trinajstić information content (AvgIpc) is 2.56. The molecule has 0 aliphatic heterocycles. The lowest BCUT2D eigenvalue weighted by Gasteiger charge is -2.30. The summed E-state index contributed by atoms with van der Waals surface area (Å²) < 4.78 is 10.8. The second-order valence-corrected chi connectivity index (χ2v) is 12.2. The second kappa shape index (κ2) is 10.0. The molecule has 184 valence electrons. The van der Waals surface area contributed by atoms with Gasteiger partial charge in [0.25, 0.3) is 0 Å². The van der Waals surface area contributed by atoms with Gasteiger partial charge in [-0.2, -0.15) is 0 Å². The number of phenolic OH excluding ortho intramolecular Hbond substituents is 1. The Morgan fingerprint density at radius 1 is 0.875 bits per heavy atom. The molecule has 6 heteroatoms. The van der Waals surface area contributed by atoms with E-state index in [1.165, 1.54) is 0 Å². The summed E-state index contributed by atoms with van der Waals surface area (Å²) in [6, 6.07) is 3.78. The Hall–Kier alpha value is -1.79. The highest BCUT2D eigenvalue weighted by Crippen LogP contribution is 2.40. The van der Waals surface area contributed by atoms with E-state index in [4.69, 9.17) is 19.2 Å². The molecule has 0 heterocycles. The average molecular weight is 453 g/mol. The van der Waals surface area contributed by atoms with E-state index < -0.39 is 23.5 Å². The summed E-state index contributed by atoms with van der Waals surface area (Å²) in [6.07, 6.45) is -0.719. The normalized spacial score (nSPS) is 14.2. The second-order valence-electron chi connectivity index (χ2n) is 12.2. The predicted molar refractivity (Wildman–Crippen MR) is 127 cm³/mol. The van der Waals surface area contributed by atoms with Crippen LogP contribution in [0.2, 0.25) is 0 Å². The van der Waals surface area contributed by atoms with Crippen LogP contribution in [0.1, 0.15) is 106 Å². The summed E-state index contributed by atoms with van der Waals surface area (Å²) in [5.74, 6) is 0.296. The van der Waals surface area contributed by atoms with E-state index in [9.17, 15) is 9.90 Å². The number of rotatable bonds is 7. The highest BCUT2D eigenvalue weighted by Gasteiger charge is 2.29. The minimum Gasteiger partial charge on any atom is -0.507 e. The molecule has 0 spiro atoms. The molecule has 0 aromatic heterocycles. The number of hydrogen-bond acceptors (Lipinski definition) is 6. The fourth-order valence-corrected chi connectivity index (χ4v) is 3.27. The van der Waals surface area contributed by atoms with Gasteiger partial charge in [0.2, 0.25) is 0 Å². The van der Waals surface area contributed by atoms with Crippen LogP contribution in [-0.4, -0.2) is 28.6 Å². The Labute approximate surface area is 194 Å². The first-order valence-electron chi connectivity index (χ1n) is 11.3. The van der Waals surface area contributed by atoms with Crippen LogP contribution < -0.4 is 0 Å². The lowest BCUT2D eigenvalue weighted by molar-refractivity contribution is -0.399. The van der Waals surface area contributed by atoms with Crippen LogP contribution in [0.4, 0.5) is 4.79 Å². The van der Waals surface area contributed by atoms with Gasteiger partial charge in [-0.3, -0.25) is 0 Å². The van der Waals surface area contributed by atoms with Crippen molar-refractivity contribution in [1.29, 1.82) is 0 Å². The van der Waals surface area contributed by atoms with E-state index in [1.807, 2.05) is 88.3 Å². The molecule has 1 rings (SSSR count). The maximum atomic E-state index is 12.3. The molecule has 1 unspecified atom stereocenters. The van der Waals surface area contributed by atoms with Crippen LogP contribution in [0.3, 0.4) is 0 Å². The van der Waals surface area contributed by atoms with E-state index in [1.54, 1.807) is 6.92 Å². The molecular formula is C26H44O6. The topological polar surface area (TPSA) is 74.2 Å². The standard InChI is InChI=1S/C26H44O6/c1-17(15-26(11,12)32-31-25(8,9)10)30-22(28)29-16-18-13-19(23(2,3)4)21(27)20(14-18)24(5,6)7/h13-14,17,27H,15-16H2,1-12H3. The Bertz CT molecular complexity index is 740. The number of benzene rings is 1. The summed E-state index contributed by atoms with van der Waals surface area (Å²) in [5, 5.41) is 10.8. The van der Waals surface area contributed by atoms with Crippen molar-refractivity contribution >= 4 is 6.16 Å². The first-order valence-corrected chi connectivity index (χ1v) is 11.3. The van der Waals surface area contributed by atoms with E-state index in [2.05, 4.69) is 0 Å². The zero-order valence-electron chi connectivity index (χ0n) is 22.1. The van der Waals surface area contributed by atoms with Crippen LogP contribution in [0, 0.1) is 0 Å². The predicted octanol–water partition coefficient (Wildman–Crippen LogP) is 6.94. The van der Waals surface area contributed by atoms with Crippen molar-refractivity contribution in [1.82, 2.24) is 0 Å². The summed E-state index contributed by atoms with van der Waals surface area (Å²) in [7, 11) is 0. The van der Waals surface area contributed by atoms with Gasteiger partial charge in [-0.1, -0.05) is 41.5 Å². The van der Waals surface area contributed by atoms with Crippen molar-refractivity contribution in [2.75, 3.05) is 0 Å². The highest BCUT2D eigenvalue weighted by molar-refractivity contribution is 5.60. The quantitative estimate of drug-likeness (QED) is 0.274. The fourth-order valence-electron chi connectivity index (χ4n) is 3.27. The van der Waals surface area contributed by atoms with Crippen molar-refractivity contribution in [3.8, 4) is 5.75 Å². The molecule has 6 nitrogen and oxygen atoms in total. The Kier molecular flexibility index (Phi) is 8.83. The maximum absolute atomic E-state index is 12.3. The summed E-state index contributed by atoms with van der Waals surface area (Å²) in [6.45, 7) is 23.6. The van der Waals surface area contributed by atoms with Gasteiger partial charge in [-0.15, -0.1) is 0 Å². The zero-order chi connectivity index (χ0) is 25.1. The molecule has 0 amide bonds. The SMILES string of the molecule is CC(CC(C)(C)OOC(C)(C)C)OC(=O)OCc1cc(C(C)(C)C)c(O)c(C(C)(C)C)c1. The third kappa shape index (κ3) is 9.37. The molecule has 0 aliphatic carbocycles. The highest BCUT2D eigenvalue weighted by atomic mass is 17.2. The minimum atomic E-state index is -0.743. The van der Waals surface area contributed by atoms with Crippen molar-refractivity contribution in [2.24, 2.45) is 0 Å². The van der Waals surface area contributed by atoms with Crippen molar-refractivity contribution in [2.45, 2.75) is 124 Å². The van der Waals surface area contributed by atoms with E-state index in [0.717, 1.165) is 16.7 Å². The molecule has 32 heavy (non-hydrogen) atoms. The molecule has 0 bridgehead atoms. The summed E-state index contributed by atoms with van der Waals surface area (Å²) >= 11 is 0. The van der Waals surface area contributed by atoms with Gasteiger partial charge >= 0.3 is 6.16 Å². The van der Waals surface area contributed by atoms with Gasteiger partial charge in [0, 0.05) is 6.42 Å². The number of hydrogen-bond donors (Lipinski definition) is 1. The third-order valence-electron chi connectivity index (χ3n) is 4.74. The number of aromatic hydroxyl groups is 1. The van der Waals surface area contributed by atoms with Gasteiger partial charge in [0.1, 0.15) is 24.1 Å². The maximum Gasteiger partial charge on any atom is 0.508 e. The van der Waals surface area contributed by atoms with Gasteiger partial charge in [-0.25, -0.2) is 14.6 Å². The summed E-state index contributed by atoms with van der Waals surface area (Å²) in [5.41, 5.74) is 0.886. The first kappa shape index (κ1) is 28.2. The number of ether oxygens (including phenoxy) is 2. The van der Waals surface area contributed by atoms with Crippen LogP contribution >= 0.6 is 0 Å². The fraction of sp³-hybridized carbons (Fsp3) is 0.731. The van der Waals surface area contributed by atoms with E-state index in [-0.39, 0.29) is 17.4 Å². The van der Waals surface area contributed by atoms with Crippen LogP contribution in [0.15, 0.2) is 12.1 Å². The Balaban J connectivity index is 2.82. The van der Waals surface area contributed by atoms with Gasteiger partial charge in [0.05, 0.1) is 5.60 Å². The van der Waals surface area contributed by atoms with E-state index >= 15 is 0 Å². The molecule has 1 aromatic rings. The van der Waals surface area contributed by atoms with Crippen molar-refractivity contribution in [3.05, 3.63) is 28.8 Å². The lowest BCUT2D eigenvalue weighted by atomic mass is 9.78. The molecule has 0 saturated carbocycles. The molecule has 1 atom stereocenters. The largest absolute Gasteiger partial charge is 0.508 e. The van der Waals surface area contributed by atoms with Crippen LogP contribution in [0.25, 0.3) is 0 Å². The molecule has 0 aliphatic rings. The van der Waals surface area contributed by atoms with Gasteiger partial charge in [-0.05, 0) is 81.2 Å². The minimum absolute atomic E-state index is 0.0605. The Morgan fingerprint density at radius 3 is 1.75 bits per heavy atom. The third-order valence-corrected chi connectivity index (χ3v) is 4.74. The summed E-state index contributed by atoms with van der Waals surface area (Å²) in [4.78, 5) is 23.2. The molecular weight excluding hydrogens is 408 g/mol. The first-order chi connectivity index (χ1) is 14.2. The smallest absolute Gasteiger partial charge is 0.507 e. The van der Waals surface area contributed by atoms with Gasteiger partial charge in [0.15, 0.2) is 0 Å². The molecule has 1 N–H and O–H groups in total. The molecule has 0 radical (unpaired) electrons. The van der Waals surface area contributed by atoms with Crippen LogP contribution in [0.5, 0.6) is 5.75 Å². The van der Waals surface area contributed by atoms with Gasteiger partial charge < -0.3 is 14.6 Å². The van der Waals surface area contributed by atoms with Crippen molar-refractivity contribution in [3.63, 3.8) is 0 Å². The van der Waals surface area contributed by atoms with Crippen molar-refractivity contribution < 1.29 is 29.1 Å². The monoisotopic (exact) mass is 452 g/mol. The zero-order valence-corrected chi connectivity index (χ0v) is 22.1. The van der Waals surface area contributed by atoms with E-state index in [0.29, 0.717) is 12.2 Å². The Morgan fingerprint density at radius 2 is 1.34 bits per heavy atom. The molecule has 1 aromatic carbocycles. The number of carbonyl (C=O) groups excluding carboxylic acids is 1. The number of phenols is 1.